The third-order valence-electron chi connectivity index (χ3n) is 4.43. The number of methoxy groups -OCH3 is 1. The van der Waals surface area contributed by atoms with Crippen LogP contribution in [-0.2, 0) is 21.0 Å². The third-order valence-corrected chi connectivity index (χ3v) is 5.59. The molecule has 0 aliphatic carbocycles. The van der Waals surface area contributed by atoms with Gasteiger partial charge in [-0.25, -0.2) is 4.79 Å². The van der Waals surface area contributed by atoms with E-state index in [4.69, 9.17) is 4.74 Å². The zero-order chi connectivity index (χ0) is 23.3. The molecule has 172 valence electrons. The second kappa shape index (κ2) is 10.1. The number of aromatic nitrogens is 4. The van der Waals surface area contributed by atoms with Gasteiger partial charge >= 0.3 is 12.1 Å². The fourth-order valence-corrected chi connectivity index (χ4v) is 3.91. The third kappa shape index (κ3) is 6.53. The average Bonchev–Trinajstić information content (AvgIpc) is 3.16. The minimum Gasteiger partial charge on any atom is -0.497 e. The van der Waals surface area contributed by atoms with Gasteiger partial charge in [-0.15, -0.1) is 15.3 Å². The number of tetrazole rings is 1. The Kier molecular flexibility index (Phi) is 7.51. The molecule has 1 aromatic heterocycles. The van der Waals surface area contributed by atoms with Crippen molar-refractivity contribution in [2.75, 3.05) is 20.2 Å². The molecule has 0 radical (unpaired) electrons. The van der Waals surface area contributed by atoms with E-state index < -0.39 is 12.1 Å². The second-order valence-electron chi connectivity index (χ2n) is 6.87. The van der Waals surface area contributed by atoms with E-state index in [1.54, 1.807) is 25.3 Å². The van der Waals surface area contributed by atoms with E-state index in [0.29, 0.717) is 24.3 Å². The van der Waals surface area contributed by atoms with E-state index in [9.17, 15) is 22.8 Å². The number of hydrogen-bond donors (Lipinski definition) is 0. The van der Waals surface area contributed by atoms with Crippen LogP contribution in [0.25, 0.3) is 6.08 Å². The van der Waals surface area contributed by atoms with Crippen LogP contribution in [0.3, 0.4) is 0 Å². The molecule has 32 heavy (non-hydrogen) atoms. The summed E-state index contributed by atoms with van der Waals surface area (Å²) < 4.78 is 42.7. The van der Waals surface area contributed by atoms with Crippen LogP contribution in [0.4, 0.5) is 13.2 Å². The van der Waals surface area contributed by atoms with Crippen molar-refractivity contribution in [2.45, 2.75) is 31.3 Å². The first-order chi connectivity index (χ1) is 15.1. The molecule has 0 spiro atoms. The number of carbonyl (C=O) groups excluding carboxylic acids is 2. The molecule has 1 aliphatic rings. The van der Waals surface area contributed by atoms with Crippen molar-refractivity contribution in [3.8, 4) is 5.75 Å². The Morgan fingerprint density at radius 1 is 1.28 bits per heavy atom. The first-order valence-electron chi connectivity index (χ1n) is 9.46. The lowest BCUT2D eigenvalue weighted by Gasteiger charge is -2.32. The molecule has 1 aliphatic heterocycles. The maximum atomic E-state index is 12.5. The Labute approximate surface area is 185 Å². The molecule has 0 saturated carbocycles. The number of hydrogen-bond acceptors (Lipinski definition) is 9. The minimum absolute atomic E-state index is 0.0572. The zero-order valence-electron chi connectivity index (χ0n) is 17.2. The molecule has 0 amide bonds. The fraction of sp³-hybridized carbons (Fsp3) is 0.421. The van der Waals surface area contributed by atoms with Crippen molar-refractivity contribution in [2.24, 2.45) is 0 Å². The predicted molar refractivity (Wildman–Crippen MR) is 108 cm³/mol. The highest BCUT2D eigenvalue weighted by molar-refractivity contribution is 8.14. The minimum atomic E-state index is -5.10. The number of nitrogens with zero attached hydrogens (tertiary/aromatic N) is 5. The van der Waals surface area contributed by atoms with Gasteiger partial charge in [0, 0.05) is 18.7 Å². The fourth-order valence-electron chi connectivity index (χ4n) is 2.99. The van der Waals surface area contributed by atoms with Crippen LogP contribution in [0.2, 0.25) is 0 Å². The maximum absolute atomic E-state index is 12.5. The monoisotopic (exact) mass is 471 g/mol. The Balaban J connectivity index is 1.74. The molecule has 2 aromatic rings. The zero-order valence-corrected chi connectivity index (χ0v) is 18.0. The van der Waals surface area contributed by atoms with Gasteiger partial charge in [-0.2, -0.15) is 18.0 Å². The summed E-state index contributed by atoms with van der Waals surface area (Å²) in [5.41, 5.74) is 1.46. The highest BCUT2D eigenvalue weighted by Crippen LogP contribution is 2.30. The van der Waals surface area contributed by atoms with E-state index in [1.807, 2.05) is 12.1 Å². The quantitative estimate of drug-likeness (QED) is 0.629. The van der Waals surface area contributed by atoms with E-state index in [2.05, 4.69) is 20.2 Å². The van der Waals surface area contributed by atoms with Gasteiger partial charge in [0.1, 0.15) is 5.75 Å². The summed E-state index contributed by atoms with van der Waals surface area (Å²) in [7, 11) is 1.57. The van der Waals surface area contributed by atoms with Gasteiger partial charge < -0.3 is 9.57 Å². The highest BCUT2D eigenvalue weighted by Gasteiger charge is 2.43. The van der Waals surface area contributed by atoms with Gasteiger partial charge in [-0.1, -0.05) is 23.9 Å². The maximum Gasteiger partial charge on any atom is 0.492 e. The van der Waals surface area contributed by atoms with Crippen molar-refractivity contribution >= 4 is 28.9 Å². The SMILES string of the molecule is COc1ccc(Cn2nnc(/C=C3\CN(OC(=O)C(F)(F)F)CCC3SC(C)=O)n2)cc1. The lowest BCUT2D eigenvalue weighted by atomic mass is 10.1. The Morgan fingerprint density at radius 2 is 2.00 bits per heavy atom. The molecule has 1 unspecified atom stereocenters. The summed E-state index contributed by atoms with van der Waals surface area (Å²) >= 11 is 1.05. The van der Waals surface area contributed by atoms with Crippen LogP contribution >= 0.6 is 11.8 Å². The Hall–Kier alpha value is -2.93. The smallest absolute Gasteiger partial charge is 0.492 e. The number of rotatable bonds is 6. The van der Waals surface area contributed by atoms with E-state index >= 15 is 0 Å². The van der Waals surface area contributed by atoms with E-state index in [0.717, 1.165) is 22.4 Å². The van der Waals surface area contributed by atoms with Crippen molar-refractivity contribution in [3.63, 3.8) is 0 Å². The van der Waals surface area contributed by atoms with Gasteiger partial charge in [0.15, 0.2) is 10.9 Å². The van der Waals surface area contributed by atoms with Crippen molar-refractivity contribution in [3.05, 3.63) is 41.2 Å². The molecule has 0 N–H and O–H groups in total. The Morgan fingerprint density at radius 3 is 2.62 bits per heavy atom. The Bertz CT molecular complexity index is 994. The van der Waals surface area contributed by atoms with Gasteiger partial charge in [-0.05, 0) is 41.0 Å². The molecule has 1 saturated heterocycles. The van der Waals surface area contributed by atoms with Crippen LogP contribution in [0.15, 0.2) is 29.8 Å². The van der Waals surface area contributed by atoms with E-state index in [-0.39, 0.29) is 29.3 Å². The first-order valence-corrected chi connectivity index (χ1v) is 10.3. The molecular formula is C19H20F3N5O4S. The number of ether oxygens (including phenoxy) is 1. The summed E-state index contributed by atoms with van der Waals surface area (Å²) in [5.74, 6) is -1.35. The summed E-state index contributed by atoms with van der Waals surface area (Å²) in [5, 5.41) is 12.7. The van der Waals surface area contributed by atoms with Gasteiger partial charge in [-0.3, -0.25) is 4.79 Å². The number of alkyl halides is 3. The lowest BCUT2D eigenvalue weighted by molar-refractivity contribution is -0.238. The topological polar surface area (TPSA) is 99.4 Å². The van der Waals surface area contributed by atoms with Crippen LogP contribution in [-0.4, -0.2) is 68.0 Å². The summed E-state index contributed by atoms with van der Waals surface area (Å²) in [6.45, 7) is 1.70. The van der Waals surface area contributed by atoms with Crippen LogP contribution in [0.5, 0.6) is 5.75 Å². The predicted octanol–water partition coefficient (Wildman–Crippen LogP) is 2.49. The van der Waals surface area contributed by atoms with Crippen LogP contribution in [0.1, 0.15) is 24.7 Å². The largest absolute Gasteiger partial charge is 0.497 e. The van der Waals surface area contributed by atoms with Gasteiger partial charge in [0.05, 0.1) is 20.2 Å². The number of halogens is 3. The van der Waals surface area contributed by atoms with Crippen LogP contribution in [0, 0.1) is 0 Å². The highest BCUT2D eigenvalue weighted by atomic mass is 32.2. The number of piperidine rings is 1. The number of hydroxylamine groups is 2. The van der Waals surface area contributed by atoms with Crippen molar-refractivity contribution < 1.29 is 32.3 Å². The molecule has 2 heterocycles. The number of carbonyl (C=O) groups is 2. The standard InChI is InChI=1S/C19H20F3N5O4S/c1-12(28)32-16-7-8-26(31-18(29)19(20,21)22)11-14(16)9-17-23-25-27(24-17)10-13-3-5-15(30-2)6-4-13/h3-6,9,16H,7-8,10-11H2,1-2H3/b14-9+. The summed E-state index contributed by atoms with van der Waals surface area (Å²) in [4.78, 5) is 28.6. The molecule has 1 atom stereocenters. The summed E-state index contributed by atoms with van der Waals surface area (Å²) in [6, 6.07) is 7.32. The lowest BCUT2D eigenvalue weighted by Crippen LogP contribution is -2.41. The van der Waals surface area contributed by atoms with Gasteiger partial charge in [0.2, 0.25) is 0 Å². The van der Waals surface area contributed by atoms with Crippen molar-refractivity contribution in [1.82, 2.24) is 25.3 Å². The molecule has 1 fully saturated rings. The molecular weight excluding hydrogens is 451 g/mol. The molecule has 1 aromatic carbocycles. The van der Waals surface area contributed by atoms with Gasteiger partial charge in [0.25, 0.3) is 0 Å². The first kappa shape index (κ1) is 23.7. The van der Waals surface area contributed by atoms with Crippen molar-refractivity contribution in [1.29, 1.82) is 0 Å². The van der Waals surface area contributed by atoms with E-state index in [1.165, 1.54) is 11.7 Å². The second-order valence-corrected chi connectivity index (χ2v) is 8.25. The van der Waals surface area contributed by atoms with Crippen LogP contribution < -0.4 is 4.74 Å². The average molecular weight is 471 g/mol. The normalized spacial score (nSPS) is 18.5. The number of thioether (sulfide) groups is 1. The molecule has 13 heteroatoms. The molecule has 9 nitrogen and oxygen atoms in total. The number of benzene rings is 1. The summed E-state index contributed by atoms with van der Waals surface area (Å²) in [6.07, 6.45) is -3.24. The molecule has 0 bridgehead atoms. The molecule has 3 rings (SSSR count).